The van der Waals surface area contributed by atoms with Gasteiger partial charge in [-0.1, -0.05) is 11.6 Å². The van der Waals surface area contributed by atoms with Gasteiger partial charge in [0.05, 0.1) is 12.7 Å². The van der Waals surface area contributed by atoms with E-state index in [0.29, 0.717) is 22.8 Å². The molecule has 5 rings (SSSR count). The third kappa shape index (κ3) is 1.90. The summed E-state index contributed by atoms with van der Waals surface area (Å²) in [6.07, 6.45) is 1.28. The fraction of sp³-hybridized carbons (Fsp3) is 0.500. The smallest absolute Gasteiger partial charge is 0.339 e. The van der Waals surface area contributed by atoms with E-state index in [1.54, 1.807) is 13.2 Å². The minimum absolute atomic E-state index is 0.0644. The van der Waals surface area contributed by atoms with Crippen LogP contribution in [0, 0.1) is 0 Å². The molecule has 0 radical (unpaired) electrons. The number of fused-ring (bicyclic) bond motifs is 6. The Morgan fingerprint density at radius 3 is 3.00 bits per heavy atom. The van der Waals surface area contributed by atoms with Crippen LogP contribution >= 0.6 is 0 Å². The Morgan fingerprint density at radius 2 is 2.20 bits per heavy atom. The van der Waals surface area contributed by atoms with Crippen molar-refractivity contribution >= 4 is 5.97 Å². The number of likely N-dealkylation sites (tertiary alicyclic amines) is 1. The molecule has 0 aromatic heterocycles. The van der Waals surface area contributed by atoms with Gasteiger partial charge in [0.25, 0.3) is 0 Å². The molecule has 0 unspecified atom stereocenters. The second-order valence-corrected chi connectivity index (χ2v) is 6.91. The van der Waals surface area contributed by atoms with Gasteiger partial charge in [-0.15, -0.1) is 0 Å². The molecular weight excluding hydrogens is 326 g/mol. The van der Waals surface area contributed by atoms with E-state index in [0.717, 1.165) is 18.5 Å². The fourth-order valence-electron chi connectivity index (χ4n) is 4.65. The largest absolute Gasteiger partial charge is 0.492 e. The van der Waals surface area contributed by atoms with Gasteiger partial charge in [0.1, 0.15) is 12.2 Å². The van der Waals surface area contributed by atoms with Gasteiger partial charge in [-0.25, -0.2) is 4.79 Å². The van der Waals surface area contributed by atoms with Crippen LogP contribution in [0.3, 0.4) is 0 Å². The number of ether oxygens (including phenoxy) is 4. The number of likely N-dealkylation sites (N-methyl/N-ethyl adjacent to an activating group) is 1. The van der Waals surface area contributed by atoms with Crippen LogP contribution < -0.4 is 14.2 Å². The molecule has 1 aromatic rings. The lowest BCUT2D eigenvalue weighted by atomic mass is 9.73. The summed E-state index contributed by atoms with van der Waals surface area (Å²) < 4.78 is 22.3. The van der Waals surface area contributed by atoms with Crippen molar-refractivity contribution in [3.63, 3.8) is 0 Å². The second-order valence-electron chi connectivity index (χ2n) is 6.91. The molecule has 132 valence electrons. The number of benzene rings is 1. The lowest BCUT2D eigenvalue weighted by Gasteiger charge is -2.44. The molecule has 1 aliphatic carbocycles. The maximum atomic E-state index is 12.6. The Morgan fingerprint density at radius 1 is 1.36 bits per heavy atom. The number of hydrogen-bond acceptors (Lipinski definition) is 7. The Bertz CT molecular complexity index is 803. The molecule has 4 aliphatic rings. The van der Waals surface area contributed by atoms with E-state index < -0.39 is 18.2 Å². The summed E-state index contributed by atoms with van der Waals surface area (Å²) in [5.74, 6) is 0.827. The topological polar surface area (TPSA) is 77.5 Å². The molecule has 1 saturated heterocycles. The molecule has 7 heteroatoms. The molecule has 1 fully saturated rings. The van der Waals surface area contributed by atoms with Gasteiger partial charge in [0.2, 0.25) is 12.5 Å². The maximum Gasteiger partial charge on any atom is 0.339 e. The first-order valence-corrected chi connectivity index (χ1v) is 8.40. The van der Waals surface area contributed by atoms with Crippen molar-refractivity contribution in [2.24, 2.45) is 0 Å². The van der Waals surface area contributed by atoms with Crippen LogP contribution in [-0.2, 0) is 4.74 Å². The van der Waals surface area contributed by atoms with Crippen LogP contribution in [-0.4, -0.2) is 61.7 Å². The van der Waals surface area contributed by atoms with E-state index in [4.69, 9.17) is 18.9 Å². The normalized spacial score (nSPS) is 32.4. The van der Waals surface area contributed by atoms with Crippen molar-refractivity contribution in [2.45, 2.75) is 30.6 Å². The summed E-state index contributed by atoms with van der Waals surface area (Å²) >= 11 is 0. The van der Waals surface area contributed by atoms with Crippen molar-refractivity contribution < 1.29 is 28.8 Å². The van der Waals surface area contributed by atoms with E-state index in [9.17, 15) is 9.90 Å². The average Bonchev–Trinajstić information content (AvgIpc) is 3.20. The first kappa shape index (κ1) is 15.0. The average molecular weight is 345 g/mol. The summed E-state index contributed by atoms with van der Waals surface area (Å²) in [4.78, 5) is 14.8. The number of aliphatic hydroxyl groups excluding tert-OH is 1. The Balaban J connectivity index is 1.77. The molecule has 1 N–H and O–H groups in total. The predicted octanol–water partition coefficient (Wildman–Crippen LogP) is 1.05. The van der Waals surface area contributed by atoms with Crippen molar-refractivity contribution in [2.75, 3.05) is 27.5 Å². The highest BCUT2D eigenvalue weighted by Crippen LogP contribution is 2.54. The number of carbonyl (C=O) groups is 1. The van der Waals surface area contributed by atoms with E-state index in [1.165, 1.54) is 5.57 Å². The SMILES string of the molecule is COc1c2c(cc3c1[C@@H]1[C@H](OC3=O)[C@@H](O)C=C3CCN(C)[C@H]31)OCO2. The fourth-order valence-corrected chi connectivity index (χ4v) is 4.65. The highest BCUT2D eigenvalue weighted by molar-refractivity contribution is 5.95. The standard InChI is InChI=1S/C18H19NO6/c1-19-4-3-8-5-10(20)15-13(14(8)19)12-9(18(21)25-15)6-11-16(17(12)22-2)24-7-23-11/h5-6,10,13-15,20H,3-4,7H2,1-2H3/t10-,13-,14+,15+/m0/s1. The van der Waals surface area contributed by atoms with E-state index in [1.807, 2.05) is 6.08 Å². The first-order valence-electron chi connectivity index (χ1n) is 8.40. The number of nitrogens with zero attached hydrogens (tertiary/aromatic N) is 1. The van der Waals surface area contributed by atoms with Crippen LogP contribution in [0.5, 0.6) is 17.2 Å². The van der Waals surface area contributed by atoms with Gasteiger partial charge in [-0.3, -0.25) is 4.90 Å². The van der Waals surface area contributed by atoms with Gasteiger partial charge < -0.3 is 24.1 Å². The van der Waals surface area contributed by atoms with Crippen LogP contribution in [0.15, 0.2) is 17.7 Å². The summed E-state index contributed by atoms with van der Waals surface area (Å²) in [7, 11) is 3.61. The van der Waals surface area contributed by atoms with Gasteiger partial charge >= 0.3 is 5.97 Å². The second kappa shape index (κ2) is 5.12. The van der Waals surface area contributed by atoms with Crippen molar-refractivity contribution in [3.05, 3.63) is 28.8 Å². The molecule has 1 aromatic carbocycles. The number of rotatable bonds is 1. The third-order valence-corrected chi connectivity index (χ3v) is 5.68. The summed E-state index contributed by atoms with van der Waals surface area (Å²) in [6.45, 7) is 0.997. The van der Waals surface area contributed by atoms with E-state index in [2.05, 4.69) is 11.9 Å². The zero-order valence-electron chi connectivity index (χ0n) is 14.0. The summed E-state index contributed by atoms with van der Waals surface area (Å²) in [5.41, 5.74) is 2.35. The van der Waals surface area contributed by atoms with Crippen LogP contribution in [0.1, 0.15) is 28.3 Å². The van der Waals surface area contributed by atoms with Crippen molar-refractivity contribution in [3.8, 4) is 17.2 Å². The van der Waals surface area contributed by atoms with Crippen molar-refractivity contribution in [1.29, 1.82) is 0 Å². The molecule has 0 spiro atoms. The molecule has 3 aliphatic heterocycles. The maximum absolute atomic E-state index is 12.6. The number of esters is 1. The number of aliphatic hydroxyl groups is 1. The van der Waals surface area contributed by atoms with Gasteiger partial charge in [-0.2, -0.15) is 0 Å². The van der Waals surface area contributed by atoms with E-state index in [-0.39, 0.29) is 18.8 Å². The molecule has 25 heavy (non-hydrogen) atoms. The minimum atomic E-state index is -0.824. The van der Waals surface area contributed by atoms with Crippen LogP contribution in [0.25, 0.3) is 0 Å². The number of hydrogen-bond donors (Lipinski definition) is 1. The van der Waals surface area contributed by atoms with Crippen LogP contribution in [0.2, 0.25) is 0 Å². The summed E-state index contributed by atoms with van der Waals surface area (Å²) in [6, 6.07) is 1.73. The summed E-state index contributed by atoms with van der Waals surface area (Å²) in [5, 5.41) is 10.6. The Hall–Kier alpha value is -2.25. The highest BCUT2D eigenvalue weighted by Gasteiger charge is 2.52. The Labute approximate surface area is 144 Å². The molecular formula is C18H19NO6. The third-order valence-electron chi connectivity index (χ3n) is 5.68. The number of methoxy groups -OCH3 is 1. The van der Waals surface area contributed by atoms with E-state index >= 15 is 0 Å². The molecule has 0 bridgehead atoms. The zero-order chi connectivity index (χ0) is 17.3. The zero-order valence-corrected chi connectivity index (χ0v) is 14.0. The van der Waals surface area contributed by atoms with Gasteiger partial charge in [0, 0.05) is 24.1 Å². The first-order chi connectivity index (χ1) is 12.1. The predicted molar refractivity (Wildman–Crippen MR) is 86.2 cm³/mol. The molecule has 3 heterocycles. The molecule has 4 atom stereocenters. The highest BCUT2D eigenvalue weighted by atomic mass is 16.7. The Kier molecular flexibility index (Phi) is 3.08. The molecule has 7 nitrogen and oxygen atoms in total. The quantitative estimate of drug-likeness (QED) is 0.602. The lowest BCUT2D eigenvalue weighted by Crippen LogP contribution is -2.51. The van der Waals surface area contributed by atoms with Crippen LogP contribution in [0.4, 0.5) is 0 Å². The van der Waals surface area contributed by atoms with Gasteiger partial charge in [-0.05, 0) is 19.5 Å². The monoisotopic (exact) mass is 345 g/mol. The lowest BCUT2D eigenvalue weighted by molar-refractivity contribution is -0.0341. The minimum Gasteiger partial charge on any atom is -0.492 e. The van der Waals surface area contributed by atoms with Crippen molar-refractivity contribution in [1.82, 2.24) is 4.90 Å². The number of carbonyl (C=O) groups excluding carboxylic acids is 1. The molecule has 0 amide bonds. The molecule has 0 saturated carbocycles. The van der Waals surface area contributed by atoms with Gasteiger partial charge in [0.15, 0.2) is 11.5 Å².